The lowest BCUT2D eigenvalue weighted by molar-refractivity contribution is -0.139. The largest absolute Gasteiger partial charge is 0.480 e. The smallest absolute Gasteiger partial charge is 0.320 e. The molecule has 0 aromatic heterocycles. The Morgan fingerprint density at radius 2 is 1.55 bits per heavy atom. The van der Waals surface area contributed by atoms with Gasteiger partial charge in [0.2, 0.25) is 0 Å². The van der Waals surface area contributed by atoms with E-state index in [0.29, 0.717) is 5.37 Å². The lowest BCUT2D eigenvalue weighted by Crippen LogP contribution is -2.45. The normalized spacial score (nSPS) is 21.9. The van der Waals surface area contributed by atoms with Crippen LogP contribution in [0, 0.1) is 0 Å². The van der Waals surface area contributed by atoms with E-state index in [0.717, 1.165) is 18.6 Å². The Kier molecular flexibility index (Phi) is 11.9. The summed E-state index contributed by atoms with van der Waals surface area (Å²) < 4.78 is 0. The van der Waals surface area contributed by atoms with Gasteiger partial charge in [-0.05, 0) is 18.6 Å². The van der Waals surface area contributed by atoms with Gasteiger partial charge in [0.1, 0.15) is 6.04 Å². The summed E-state index contributed by atoms with van der Waals surface area (Å²) in [4.78, 5) is 11.0. The molecule has 1 rings (SSSR count). The van der Waals surface area contributed by atoms with Crippen LogP contribution in [-0.4, -0.2) is 28.2 Å². The lowest BCUT2D eigenvalue weighted by Gasteiger charge is -2.28. The number of carboxylic acid groups (broad SMARTS) is 1. The van der Waals surface area contributed by atoms with E-state index < -0.39 is 5.97 Å². The molecular weight excluding hydrogens is 294 g/mol. The van der Waals surface area contributed by atoms with Crippen molar-refractivity contribution >= 4 is 17.7 Å². The molecule has 0 bridgehead atoms. The average Bonchev–Trinajstić information content (AvgIpc) is 2.53. The van der Waals surface area contributed by atoms with Gasteiger partial charge in [0.25, 0.3) is 0 Å². The number of carboxylic acids is 1. The zero-order chi connectivity index (χ0) is 16.0. The molecule has 130 valence electrons. The van der Waals surface area contributed by atoms with Gasteiger partial charge < -0.3 is 5.11 Å². The van der Waals surface area contributed by atoms with Gasteiger partial charge in [-0.1, -0.05) is 77.6 Å². The maximum Gasteiger partial charge on any atom is 0.320 e. The Morgan fingerprint density at radius 1 is 1.00 bits per heavy atom. The maximum absolute atomic E-state index is 11.0. The molecule has 0 saturated carbocycles. The first-order valence-corrected chi connectivity index (χ1v) is 10.4. The molecular formula is C18H35NO2S. The monoisotopic (exact) mass is 329 g/mol. The fourth-order valence-corrected chi connectivity index (χ4v) is 4.29. The van der Waals surface area contributed by atoms with E-state index in [4.69, 9.17) is 5.11 Å². The second-order valence-electron chi connectivity index (χ2n) is 6.53. The van der Waals surface area contributed by atoms with Gasteiger partial charge in [-0.2, -0.15) is 0 Å². The van der Waals surface area contributed by atoms with E-state index in [2.05, 4.69) is 12.2 Å². The van der Waals surface area contributed by atoms with E-state index in [9.17, 15) is 4.79 Å². The highest BCUT2D eigenvalue weighted by atomic mass is 32.2. The minimum atomic E-state index is -0.691. The number of thioether (sulfide) groups is 1. The zero-order valence-corrected chi connectivity index (χ0v) is 15.1. The summed E-state index contributed by atoms with van der Waals surface area (Å²) in [5.74, 6) is 0.288. The predicted molar refractivity (Wildman–Crippen MR) is 96.5 cm³/mol. The highest BCUT2D eigenvalue weighted by Gasteiger charge is 2.25. The van der Waals surface area contributed by atoms with Crippen LogP contribution in [0.2, 0.25) is 0 Å². The van der Waals surface area contributed by atoms with Crippen LogP contribution in [-0.2, 0) is 4.79 Å². The average molecular weight is 330 g/mol. The molecule has 0 aromatic carbocycles. The molecule has 4 heteroatoms. The molecule has 0 aliphatic carbocycles. The molecule has 1 fully saturated rings. The first-order valence-electron chi connectivity index (χ1n) is 9.34. The maximum atomic E-state index is 11.0. The first kappa shape index (κ1) is 19.8. The van der Waals surface area contributed by atoms with Gasteiger partial charge in [-0.25, -0.2) is 0 Å². The van der Waals surface area contributed by atoms with Gasteiger partial charge in [-0.15, -0.1) is 11.8 Å². The van der Waals surface area contributed by atoms with Crippen LogP contribution in [0.25, 0.3) is 0 Å². The molecule has 1 heterocycles. The third-order valence-electron chi connectivity index (χ3n) is 4.48. The van der Waals surface area contributed by atoms with Crippen molar-refractivity contribution < 1.29 is 9.90 Å². The molecule has 1 aliphatic rings. The van der Waals surface area contributed by atoms with Crippen LogP contribution in [0.15, 0.2) is 0 Å². The number of rotatable bonds is 13. The minimum absolute atomic E-state index is 0.320. The van der Waals surface area contributed by atoms with Crippen molar-refractivity contribution in [2.45, 2.75) is 102 Å². The Labute approximate surface area is 141 Å². The van der Waals surface area contributed by atoms with Crippen LogP contribution >= 0.6 is 11.8 Å². The van der Waals surface area contributed by atoms with E-state index in [1.165, 1.54) is 70.6 Å². The van der Waals surface area contributed by atoms with Gasteiger partial charge in [0.15, 0.2) is 0 Å². The number of hydrogen-bond acceptors (Lipinski definition) is 3. The van der Waals surface area contributed by atoms with Crippen LogP contribution in [0.1, 0.15) is 90.4 Å². The third-order valence-corrected chi connectivity index (χ3v) is 5.73. The van der Waals surface area contributed by atoms with Crippen LogP contribution in [0.5, 0.6) is 0 Å². The molecule has 0 unspecified atom stereocenters. The van der Waals surface area contributed by atoms with Crippen molar-refractivity contribution in [3.63, 3.8) is 0 Å². The number of nitrogens with one attached hydrogen (secondary N) is 1. The van der Waals surface area contributed by atoms with E-state index in [1.807, 2.05) is 11.8 Å². The quantitative estimate of drug-likeness (QED) is 0.456. The molecule has 22 heavy (non-hydrogen) atoms. The second kappa shape index (κ2) is 13.2. The highest BCUT2D eigenvalue weighted by molar-refractivity contribution is 7.99. The Hall–Kier alpha value is -0.220. The molecule has 2 atom stereocenters. The van der Waals surface area contributed by atoms with Crippen molar-refractivity contribution in [1.82, 2.24) is 5.32 Å². The molecule has 0 radical (unpaired) electrons. The van der Waals surface area contributed by atoms with Crippen molar-refractivity contribution in [3.8, 4) is 0 Å². The first-order chi connectivity index (χ1) is 10.7. The zero-order valence-electron chi connectivity index (χ0n) is 14.3. The van der Waals surface area contributed by atoms with Crippen molar-refractivity contribution in [1.29, 1.82) is 0 Å². The molecule has 0 spiro atoms. The number of unbranched alkanes of at least 4 members (excludes halogenated alkanes) is 10. The van der Waals surface area contributed by atoms with Crippen molar-refractivity contribution in [2.24, 2.45) is 0 Å². The van der Waals surface area contributed by atoms with E-state index >= 15 is 0 Å². The summed E-state index contributed by atoms with van der Waals surface area (Å²) in [5, 5.41) is 12.7. The fraction of sp³-hybridized carbons (Fsp3) is 0.944. The SMILES string of the molecule is CCCCCCCCCCCCC[C@H]1N[C@@H](C(=O)O)CCS1. The highest BCUT2D eigenvalue weighted by Crippen LogP contribution is 2.23. The summed E-state index contributed by atoms with van der Waals surface area (Å²) in [6.07, 6.45) is 16.9. The number of carbonyl (C=O) groups is 1. The molecule has 0 aromatic rings. The van der Waals surface area contributed by atoms with Crippen LogP contribution in [0.4, 0.5) is 0 Å². The molecule has 3 nitrogen and oxygen atoms in total. The Morgan fingerprint density at radius 3 is 2.09 bits per heavy atom. The summed E-state index contributed by atoms with van der Waals surface area (Å²) in [7, 11) is 0. The lowest BCUT2D eigenvalue weighted by atomic mass is 10.1. The summed E-state index contributed by atoms with van der Waals surface area (Å²) in [6, 6.07) is -0.320. The molecule has 1 saturated heterocycles. The second-order valence-corrected chi connectivity index (χ2v) is 7.84. The van der Waals surface area contributed by atoms with Gasteiger partial charge >= 0.3 is 5.97 Å². The van der Waals surface area contributed by atoms with Crippen molar-refractivity contribution in [2.75, 3.05) is 5.75 Å². The molecule has 2 N–H and O–H groups in total. The summed E-state index contributed by atoms with van der Waals surface area (Å²) >= 11 is 1.89. The summed E-state index contributed by atoms with van der Waals surface area (Å²) in [6.45, 7) is 2.27. The Bertz CT molecular complexity index is 286. The van der Waals surface area contributed by atoms with Gasteiger partial charge in [0.05, 0.1) is 5.37 Å². The van der Waals surface area contributed by atoms with Crippen LogP contribution < -0.4 is 5.32 Å². The van der Waals surface area contributed by atoms with Gasteiger partial charge in [0, 0.05) is 0 Å². The number of hydrogen-bond donors (Lipinski definition) is 2. The van der Waals surface area contributed by atoms with E-state index in [-0.39, 0.29) is 6.04 Å². The number of aliphatic carboxylic acids is 1. The standard InChI is InChI=1S/C18H35NO2S/c1-2-3-4-5-6-7-8-9-10-11-12-13-17-19-16(18(20)21)14-15-22-17/h16-17,19H,2-15H2,1H3,(H,20,21)/t16-,17+/m1/s1. The third kappa shape index (κ3) is 9.73. The van der Waals surface area contributed by atoms with E-state index in [1.54, 1.807) is 0 Å². The molecule has 0 amide bonds. The minimum Gasteiger partial charge on any atom is -0.480 e. The fourth-order valence-electron chi connectivity index (χ4n) is 3.04. The summed E-state index contributed by atoms with van der Waals surface area (Å²) in [5.41, 5.74) is 0. The van der Waals surface area contributed by atoms with Gasteiger partial charge in [-0.3, -0.25) is 10.1 Å². The predicted octanol–water partition coefficient (Wildman–Crippen LogP) is 5.19. The topological polar surface area (TPSA) is 49.3 Å². The molecule has 1 aliphatic heterocycles. The van der Waals surface area contributed by atoms with Crippen LogP contribution in [0.3, 0.4) is 0 Å². The van der Waals surface area contributed by atoms with Crippen molar-refractivity contribution in [3.05, 3.63) is 0 Å². The Balaban J connectivity index is 1.86.